The molecule has 8 nitrogen and oxygen atoms in total. The molecule has 0 aliphatic carbocycles. The summed E-state index contributed by atoms with van der Waals surface area (Å²) in [5, 5.41) is 2.70. The van der Waals surface area contributed by atoms with Crippen LogP contribution in [0.25, 0.3) is 0 Å². The minimum absolute atomic E-state index is 0.0336. The van der Waals surface area contributed by atoms with Gasteiger partial charge < -0.3 is 15.0 Å². The van der Waals surface area contributed by atoms with Crippen molar-refractivity contribution in [1.29, 1.82) is 0 Å². The topological polar surface area (TPSA) is 96.0 Å². The number of carbonyl (C=O) groups is 2. The van der Waals surface area contributed by atoms with Crippen LogP contribution in [0, 0.1) is 6.92 Å². The number of para-hydroxylation sites is 2. The first-order valence-electron chi connectivity index (χ1n) is 14.1. The number of rotatable bonds is 13. The van der Waals surface area contributed by atoms with E-state index in [0.29, 0.717) is 12.4 Å². The zero-order chi connectivity index (χ0) is 30.8. The summed E-state index contributed by atoms with van der Waals surface area (Å²) < 4.78 is 35.1. The Labute approximate surface area is 254 Å². The Bertz CT molecular complexity index is 1610. The SMILES string of the molecule is CCOc1ccccc1N(CC(=O)N(Cc1ccc(C)cc1)C(Cc1ccccc1)C(=O)NC)S(=O)(=O)c1ccccc1. The smallest absolute Gasteiger partial charge is 0.264 e. The Kier molecular flexibility index (Phi) is 10.6. The van der Waals surface area contributed by atoms with Gasteiger partial charge in [0.2, 0.25) is 11.8 Å². The third-order valence-corrected chi connectivity index (χ3v) is 8.81. The van der Waals surface area contributed by atoms with Gasteiger partial charge in [-0.15, -0.1) is 0 Å². The molecule has 4 aromatic carbocycles. The number of aryl methyl sites for hydroxylation is 1. The van der Waals surface area contributed by atoms with Crippen LogP contribution >= 0.6 is 0 Å². The highest BCUT2D eigenvalue weighted by Crippen LogP contribution is 2.33. The number of benzene rings is 4. The van der Waals surface area contributed by atoms with E-state index in [1.54, 1.807) is 49.4 Å². The summed E-state index contributed by atoms with van der Waals surface area (Å²) in [6.07, 6.45) is 0.249. The number of hydrogen-bond donors (Lipinski definition) is 1. The molecule has 2 amide bonds. The lowest BCUT2D eigenvalue weighted by Gasteiger charge is -2.34. The molecule has 0 heterocycles. The Hall–Kier alpha value is -4.63. The van der Waals surface area contributed by atoms with Gasteiger partial charge in [0.15, 0.2) is 0 Å². The molecule has 0 fully saturated rings. The molecule has 0 saturated heterocycles. The van der Waals surface area contributed by atoms with Gasteiger partial charge >= 0.3 is 0 Å². The molecule has 4 rings (SSSR count). The molecule has 43 heavy (non-hydrogen) atoms. The molecule has 0 aliphatic heterocycles. The van der Waals surface area contributed by atoms with E-state index in [0.717, 1.165) is 21.0 Å². The van der Waals surface area contributed by atoms with Crippen molar-refractivity contribution in [3.8, 4) is 5.75 Å². The van der Waals surface area contributed by atoms with Crippen LogP contribution < -0.4 is 14.4 Å². The summed E-state index contributed by atoms with van der Waals surface area (Å²) in [6.45, 7) is 3.64. The van der Waals surface area contributed by atoms with E-state index in [2.05, 4.69) is 5.32 Å². The molecule has 0 saturated carbocycles. The number of nitrogens with one attached hydrogen (secondary N) is 1. The molecule has 224 valence electrons. The first-order valence-corrected chi connectivity index (χ1v) is 15.6. The van der Waals surface area contributed by atoms with Crippen molar-refractivity contribution in [3.63, 3.8) is 0 Å². The number of hydrogen-bond acceptors (Lipinski definition) is 5. The summed E-state index contributed by atoms with van der Waals surface area (Å²) in [4.78, 5) is 29.3. The van der Waals surface area contributed by atoms with Crippen LogP contribution in [0.2, 0.25) is 0 Å². The third kappa shape index (κ3) is 7.81. The van der Waals surface area contributed by atoms with Crippen LogP contribution in [0.5, 0.6) is 5.75 Å². The van der Waals surface area contributed by atoms with Gasteiger partial charge in [-0.3, -0.25) is 13.9 Å². The third-order valence-electron chi connectivity index (χ3n) is 7.03. The number of sulfonamides is 1. The number of anilines is 1. The quantitative estimate of drug-likeness (QED) is 0.234. The summed E-state index contributed by atoms with van der Waals surface area (Å²) in [5.74, 6) is -0.554. The van der Waals surface area contributed by atoms with E-state index < -0.39 is 28.5 Å². The molecule has 1 unspecified atom stereocenters. The molecule has 0 radical (unpaired) electrons. The fourth-order valence-electron chi connectivity index (χ4n) is 4.78. The van der Waals surface area contributed by atoms with Gasteiger partial charge in [0.25, 0.3) is 10.0 Å². The maximum Gasteiger partial charge on any atom is 0.264 e. The second kappa shape index (κ2) is 14.5. The van der Waals surface area contributed by atoms with Crippen LogP contribution in [-0.4, -0.2) is 51.4 Å². The van der Waals surface area contributed by atoms with Gasteiger partial charge in [0, 0.05) is 20.0 Å². The summed E-state index contributed by atoms with van der Waals surface area (Å²) >= 11 is 0. The Morgan fingerprint density at radius 1 is 0.814 bits per heavy atom. The minimum atomic E-state index is -4.21. The van der Waals surface area contributed by atoms with Crippen LogP contribution in [0.4, 0.5) is 5.69 Å². The summed E-state index contributed by atoms with van der Waals surface area (Å²) in [5.41, 5.74) is 2.97. The number of ether oxygens (including phenoxy) is 1. The molecular weight excluding hydrogens is 562 g/mol. The van der Waals surface area contributed by atoms with Crippen molar-refractivity contribution in [2.24, 2.45) is 0 Å². The highest BCUT2D eigenvalue weighted by molar-refractivity contribution is 7.92. The van der Waals surface area contributed by atoms with E-state index in [4.69, 9.17) is 4.74 Å². The fourth-order valence-corrected chi connectivity index (χ4v) is 6.23. The normalized spacial score (nSPS) is 11.8. The van der Waals surface area contributed by atoms with E-state index in [1.807, 2.05) is 61.5 Å². The monoisotopic (exact) mass is 599 g/mol. The molecule has 9 heteroatoms. The largest absolute Gasteiger partial charge is 0.492 e. The van der Waals surface area contributed by atoms with E-state index in [-0.39, 0.29) is 29.5 Å². The van der Waals surface area contributed by atoms with E-state index >= 15 is 0 Å². The van der Waals surface area contributed by atoms with Crippen molar-refractivity contribution >= 4 is 27.5 Å². The fraction of sp³-hybridized carbons (Fsp3) is 0.235. The van der Waals surface area contributed by atoms with Crippen LogP contribution in [0.15, 0.2) is 114 Å². The molecule has 0 aliphatic rings. The van der Waals surface area contributed by atoms with Crippen LogP contribution in [0.3, 0.4) is 0 Å². The molecule has 1 atom stereocenters. The number of amides is 2. The van der Waals surface area contributed by atoms with Crippen molar-refractivity contribution in [3.05, 3.63) is 126 Å². The number of likely N-dealkylation sites (N-methyl/N-ethyl adjacent to an activating group) is 1. The Balaban J connectivity index is 1.81. The lowest BCUT2D eigenvalue weighted by Crippen LogP contribution is -2.53. The second-order valence-corrected chi connectivity index (χ2v) is 11.9. The van der Waals surface area contributed by atoms with Gasteiger partial charge in [0.1, 0.15) is 18.3 Å². The van der Waals surface area contributed by atoms with E-state index in [1.165, 1.54) is 24.1 Å². The lowest BCUT2D eigenvalue weighted by molar-refractivity contribution is -0.139. The summed E-state index contributed by atoms with van der Waals surface area (Å²) in [6, 6.07) is 30.9. The molecule has 0 spiro atoms. The van der Waals surface area contributed by atoms with Crippen LogP contribution in [0.1, 0.15) is 23.6 Å². The van der Waals surface area contributed by atoms with Gasteiger partial charge in [0.05, 0.1) is 17.2 Å². The molecular formula is C34H37N3O5S. The zero-order valence-electron chi connectivity index (χ0n) is 24.6. The van der Waals surface area contributed by atoms with Crippen LogP contribution in [-0.2, 0) is 32.6 Å². The maximum atomic E-state index is 14.4. The highest BCUT2D eigenvalue weighted by Gasteiger charge is 2.35. The maximum absolute atomic E-state index is 14.4. The second-order valence-electron chi connectivity index (χ2n) is 10.1. The predicted octanol–water partition coefficient (Wildman–Crippen LogP) is 4.98. The van der Waals surface area contributed by atoms with Gasteiger partial charge in [-0.1, -0.05) is 90.5 Å². The first kappa shape index (κ1) is 31.3. The highest BCUT2D eigenvalue weighted by atomic mass is 32.2. The van der Waals surface area contributed by atoms with Crippen molar-refractivity contribution < 1.29 is 22.7 Å². The predicted molar refractivity (Wildman–Crippen MR) is 168 cm³/mol. The zero-order valence-corrected chi connectivity index (χ0v) is 25.5. The molecule has 0 aromatic heterocycles. The van der Waals surface area contributed by atoms with Crippen molar-refractivity contribution in [1.82, 2.24) is 10.2 Å². The average molecular weight is 600 g/mol. The van der Waals surface area contributed by atoms with Gasteiger partial charge in [-0.25, -0.2) is 8.42 Å². The standard InChI is InChI=1S/C34H37N3O5S/c1-4-42-32-18-12-11-17-30(32)37(43(40,41)29-15-9-6-10-16-29)25-33(38)36(24-28-21-19-26(2)20-22-28)31(34(39)35-3)23-27-13-7-5-8-14-27/h5-22,31H,4,23-25H2,1-3H3,(H,35,39). The minimum Gasteiger partial charge on any atom is -0.492 e. The van der Waals surface area contributed by atoms with Crippen molar-refractivity contribution in [2.75, 3.05) is 24.5 Å². The number of nitrogens with zero attached hydrogens (tertiary/aromatic N) is 2. The Morgan fingerprint density at radius 3 is 2.05 bits per heavy atom. The lowest BCUT2D eigenvalue weighted by atomic mass is 10.0. The summed E-state index contributed by atoms with van der Waals surface area (Å²) in [7, 11) is -2.68. The number of carbonyl (C=O) groups excluding carboxylic acids is 2. The average Bonchev–Trinajstić information content (AvgIpc) is 3.03. The molecule has 1 N–H and O–H groups in total. The van der Waals surface area contributed by atoms with Gasteiger partial charge in [-0.2, -0.15) is 0 Å². The van der Waals surface area contributed by atoms with Gasteiger partial charge in [-0.05, 0) is 49.2 Å². The molecule has 0 bridgehead atoms. The first-order chi connectivity index (χ1) is 20.7. The van der Waals surface area contributed by atoms with Crippen molar-refractivity contribution in [2.45, 2.75) is 37.8 Å². The van der Waals surface area contributed by atoms with E-state index in [9.17, 15) is 18.0 Å². The Morgan fingerprint density at radius 2 is 1.42 bits per heavy atom. The molecule has 4 aromatic rings.